The third kappa shape index (κ3) is 9.60. The van der Waals surface area contributed by atoms with Gasteiger partial charge in [-0.25, -0.2) is 0 Å². The number of unbranched alkanes of at least 4 members (excludes halogenated alkanes) is 2. The summed E-state index contributed by atoms with van der Waals surface area (Å²) in [6.45, 7) is 5.77. The van der Waals surface area contributed by atoms with E-state index in [1.54, 1.807) is 6.26 Å². The molecule has 0 bridgehead atoms. The van der Waals surface area contributed by atoms with Crippen LogP contribution in [-0.4, -0.2) is 24.9 Å². The summed E-state index contributed by atoms with van der Waals surface area (Å²) in [5.41, 5.74) is 0. The van der Waals surface area contributed by atoms with Gasteiger partial charge in [0.2, 0.25) is 0 Å². The van der Waals surface area contributed by atoms with Gasteiger partial charge >= 0.3 is 0 Å². The monoisotopic (exact) mass is 216 g/mol. The minimum absolute atomic E-state index is 0.274. The summed E-state index contributed by atoms with van der Waals surface area (Å²) < 4.78 is 10.8. The van der Waals surface area contributed by atoms with Crippen molar-refractivity contribution in [3.63, 3.8) is 0 Å². The number of rotatable bonds is 10. The Morgan fingerprint density at radius 1 is 1.20 bits per heavy atom. The van der Waals surface area contributed by atoms with Crippen molar-refractivity contribution >= 4 is 0 Å². The summed E-state index contributed by atoms with van der Waals surface area (Å²) in [5, 5.41) is 8.58. The van der Waals surface area contributed by atoms with Crippen LogP contribution in [0.3, 0.4) is 0 Å². The lowest BCUT2D eigenvalue weighted by atomic mass is 10.2. The maximum absolute atomic E-state index is 8.58. The molecule has 0 unspecified atom stereocenters. The molecule has 0 aromatic carbocycles. The zero-order chi connectivity index (χ0) is 11.4. The van der Waals surface area contributed by atoms with Gasteiger partial charge in [-0.15, -0.1) is 0 Å². The van der Waals surface area contributed by atoms with E-state index < -0.39 is 0 Å². The lowest BCUT2D eigenvalue weighted by Gasteiger charge is -2.07. The smallest absolute Gasteiger partial charge is 0.130 e. The number of aliphatic hydroxyl groups is 1. The molecule has 0 spiro atoms. The average Bonchev–Trinajstić information content (AvgIpc) is 2.24. The van der Waals surface area contributed by atoms with Gasteiger partial charge in [-0.1, -0.05) is 6.92 Å². The van der Waals surface area contributed by atoms with Crippen molar-refractivity contribution in [2.45, 2.75) is 46.0 Å². The molecule has 0 heterocycles. The third-order valence-corrected chi connectivity index (χ3v) is 1.96. The van der Waals surface area contributed by atoms with Crippen LogP contribution in [0.5, 0.6) is 0 Å². The molecule has 0 aliphatic carbocycles. The fourth-order valence-corrected chi connectivity index (χ4v) is 1.22. The quantitative estimate of drug-likeness (QED) is 0.451. The van der Waals surface area contributed by atoms with Crippen molar-refractivity contribution in [1.82, 2.24) is 0 Å². The van der Waals surface area contributed by atoms with E-state index in [0.29, 0.717) is 13.2 Å². The fraction of sp³-hybridized carbons (Fsp3) is 0.833. The molecule has 0 saturated carbocycles. The first-order chi connectivity index (χ1) is 7.35. The molecule has 3 heteroatoms. The molecule has 0 aromatic heterocycles. The number of aliphatic hydroxyl groups excluding tert-OH is 1. The summed E-state index contributed by atoms with van der Waals surface area (Å²) in [5.74, 6) is 0.933. The molecule has 3 nitrogen and oxygen atoms in total. The predicted octanol–water partition coefficient (Wildman–Crippen LogP) is 2.84. The van der Waals surface area contributed by atoms with Crippen LogP contribution in [0, 0.1) is 0 Å². The number of ether oxygens (including phenoxy) is 2. The Hall–Kier alpha value is -0.700. The first-order valence-corrected chi connectivity index (χ1v) is 5.89. The van der Waals surface area contributed by atoms with Crippen molar-refractivity contribution in [3.8, 4) is 0 Å². The normalized spacial score (nSPS) is 11.5. The van der Waals surface area contributed by atoms with Gasteiger partial charge in [0, 0.05) is 13.0 Å². The van der Waals surface area contributed by atoms with E-state index in [1.807, 2.05) is 6.92 Å². The van der Waals surface area contributed by atoms with E-state index >= 15 is 0 Å². The second-order valence-electron chi connectivity index (χ2n) is 3.42. The van der Waals surface area contributed by atoms with Crippen LogP contribution in [0.25, 0.3) is 0 Å². The van der Waals surface area contributed by atoms with Crippen LogP contribution < -0.4 is 0 Å². The fourth-order valence-electron chi connectivity index (χ4n) is 1.22. The van der Waals surface area contributed by atoms with Crippen LogP contribution in [-0.2, 0) is 9.47 Å². The van der Waals surface area contributed by atoms with Crippen molar-refractivity contribution in [2.24, 2.45) is 0 Å². The van der Waals surface area contributed by atoms with Gasteiger partial charge in [-0.3, -0.25) is 0 Å². The zero-order valence-corrected chi connectivity index (χ0v) is 10.00. The second kappa shape index (κ2) is 11.4. The van der Waals surface area contributed by atoms with Gasteiger partial charge in [0.1, 0.15) is 12.0 Å². The molecule has 15 heavy (non-hydrogen) atoms. The largest absolute Gasteiger partial charge is 0.498 e. The van der Waals surface area contributed by atoms with Gasteiger partial charge in [-0.05, 0) is 32.6 Å². The topological polar surface area (TPSA) is 38.7 Å². The van der Waals surface area contributed by atoms with Crippen LogP contribution in [0.4, 0.5) is 0 Å². The maximum atomic E-state index is 8.58. The molecular formula is C12H24O3. The van der Waals surface area contributed by atoms with Gasteiger partial charge in [0.25, 0.3) is 0 Å². The highest BCUT2D eigenvalue weighted by atomic mass is 16.5. The second-order valence-corrected chi connectivity index (χ2v) is 3.42. The SMILES string of the molecule is CCC/C(=C/OCCCCCO)OCC. The first-order valence-electron chi connectivity index (χ1n) is 5.89. The molecule has 90 valence electrons. The van der Waals surface area contributed by atoms with E-state index in [4.69, 9.17) is 14.6 Å². The molecule has 0 fully saturated rings. The van der Waals surface area contributed by atoms with Crippen molar-refractivity contribution in [2.75, 3.05) is 19.8 Å². The van der Waals surface area contributed by atoms with Crippen molar-refractivity contribution in [3.05, 3.63) is 12.0 Å². The van der Waals surface area contributed by atoms with E-state index in [0.717, 1.165) is 37.9 Å². The van der Waals surface area contributed by atoms with E-state index in [9.17, 15) is 0 Å². The lowest BCUT2D eigenvalue weighted by molar-refractivity contribution is 0.173. The maximum Gasteiger partial charge on any atom is 0.130 e. The van der Waals surface area contributed by atoms with Gasteiger partial charge < -0.3 is 14.6 Å². The third-order valence-electron chi connectivity index (χ3n) is 1.96. The van der Waals surface area contributed by atoms with Crippen molar-refractivity contribution in [1.29, 1.82) is 0 Å². The molecule has 0 rings (SSSR count). The van der Waals surface area contributed by atoms with E-state index in [-0.39, 0.29) is 6.61 Å². The predicted molar refractivity (Wildman–Crippen MR) is 61.5 cm³/mol. The Bertz CT molecular complexity index is 147. The minimum Gasteiger partial charge on any atom is -0.498 e. The minimum atomic E-state index is 0.274. The van der Waals surface area contributed by atoms with E-state index in [2.05, 4.69) is 6.92 Å². The number of allylic oxidation sites excluding steroid dienone is 1. The van der Waals surface area contributed by atoms with Crippen LogP contribution in [0.1, 0.15) is 46.0 Å². The Morgan fingerprint density at radius 3 is 2.60 bits per heavy atom. The first kappa shape index (κ1) is 14.3. The molecular weight excluding hydrogens is 192 g/mol. The number of hydrogen-bond donors (Lipinski definition) is 1. The summed E-state index contributed by atoms with van der Waals surface area (Å²) in [7, 11) is 0. The lowest BCUT2D eigenvalue weighted by Crippen LogP contribution is -1.95. The Kier molecular flexibility index (Phi) is 10.8. The molecule has 0 aliphatic heterocycles. The van der Waals surface area contributed by atoms with E-state index in [1.165, 1.54) is 0 Å². The van der Waals surface area contributed by atoms with Gasteiger partial charge in [0.05, 0.1) is 13.2 Å². The summed E-state index contributed by atoms with van der Waals surface area (Å²) >= 11 is 0. The molecule has 0 amide bonds. The van der Waals surface area contributed by atoms with Crippen LogP contribution >= 0.6 is 0 Å². The van der Waals surface area contributed by atoms with Crippen LogP contribution in [0.15, 0.2) is 12.0 Å². The number of hydrogen-bond acceptors (Lipinski definition) is 3. The highest BCUT2D eigenvalue weighted by Crippen LogP contribution is 2.07. The average molecular weight is 216 g/mol. The van der Waals surface area contributed by atoms with Crippen LogP contribution in [0.2, 0.25) is 0 Å². The molecule has 0 aliphatic rings. The molecule has 0 atom stereocenters. The van der Waals surface area contributed by atoms with Gasteiger partial charge in [0.15, 0.2) is 0 Å². The van der Waals surface area contributed by atoms with Gasteiger partial charge in [-0.2, -0.15) is 0 Å². The standard InChI is InChI=1S/C12H24O3/c1-3-8-12(15-4-2)11-14-10-7-5-6-9-13/h11,13H,3-10H2,1-2H3/b12-11-. The van der Waals surface area contributed by atoms with Crippen molar-refractivity contribution < 1.29 is 14.6 Å². The highest BCUT2D eigenvalue weighted by Gasteiger charge is 1.96. The zero-order valence-electron chi connectivity index (χ0n) is 10.00. The molecule has 1 N–H and O–H groups in total. The Morgan fingerprint density at radius 2 is 2.00 bits per heavy atom. The summed E-state index contributed by atoms with van der Waals surface area (Å²) in [6.07, 6.45) is 6.60. The molecule has 0 aromatic rings. The Labute approximate surface area is 93.1 Å². The Balaban J connectivity index is 3.51. The molecule has 0 saturated heterocycles. The highest BCUT2D eigenvalue weighted by molar-refractivity contribution is 4.86. The molecule has 0 radical (unpaired) electrons. The summed E-state index contributed by atoms with van der Waals surface area (Å²) in [4.78, 5) is 0. The summed E-state index contributed by atoms with van der Waals surface area (Å²) in [6, 6.07) is 0.